The number of halogens is 1. The Kier molecular flexibility index (Phi) is 3.31. The average Bonchev–Trinajstić information content (AvgIpc) is 2.70. The molecule has 16 heavy (non-hydrogen) atoms. The van der Waals surface area contributed by atoms with Crippen molar-refractivity contribution in [3.63, 3.8) is 0 Å². The van der Waals surface area contributed by atoms with Crippen LogP contribution in [0.3, 0.4) is 0 Å². The maximum atomic E-state index is 11.8. The maximum absolute atomic E-state index is 11.8. The Labute approximate surface area is 105 Å². The molecule has 2 aromatic rings. The van der Waals surface area contributed by atoms with Gasteiger partial charge in [0.2, 0.25) is 5.13 Å². The lowest BCUT2D eigenvalue weighted by atomic mass is 10.1. The summed E-state index contributed by atoms with van der Waals surface area (Å²) in [7, 11) is 0. The molecule has 1 aromatic heterocycles. The number of aromatic nitrogens is 2. The Morgan fingerprint density at radius 1 is 1.50 bits per heavy atom. The van der Waals surface area contributed by atoms with Crippen molar-refractivity contribution in [3.05, 3.63) is 39.3 Å². The number of nitrogens with zero attached hydrogens (tertiary/aromatic N) is 2. The molecule has 1 amide bonds. The number of hydrogen-bond donors (Lipinski definition) is 1. The van der Waals surface area contributed by atoms with Gasteiger partial charge < -0.3 is 0 Å². The van der Waals surface area contributed by atoms with E-state index < -0.39 is 0 Å². The van der Waals surface area contributed by atoms with E-state index in [9.17, 15) is 4.79 Å². The van der Waals surface area contributed by atoms with Crippen LogP contribution >= 0.6 is 27.3 Å². The lowest BCUT2D eigenvalue weighted by molar-refractivity contribution is 0.102. The molecular weight excluding hydrogens is 290 g/mol. The van der Waals surface area contributed by atoms with Gasteiger partial charge in [0.25, 0.3) is 5.91 Å². The summed E-state index contributed by atoms with van der Waals surface area (Å²) in [5.74, 6) is -0.191. The van der Waals surface area contributed by atoms with E-state index >= 15 is 0 Å². The van der Waals surface area contributed by atoms with Crippen LogP contribution in [0, 0.1) is 6.92 Å². The number of carbonyl (C=O) groups excluding carboxylic acids is 1. The summed E-state index contributed by atoms with van der Waals surface area (Å²) >= 11 is 4.64. The van der Waals surface area contributed by atoms with Gasteiger partial charge >= 0.3 is 0 Å². The van der Waals surface area contributed by atoms with Gasteiger partial charge in [-0.1, -0.05) is 17.4 Å². The number of amides is 1. The fourth-order valence-corrected chi connectivity index (χ4v) is 2.31. The molecule has 0 spiro atoms. The summed E-state index contributed by atoms with van der Waals surface area (Å²) in [4.78, 5) is 11.8. The minimum absolute atomic E-state index is 0.191. The second-order valence-electron chi connectivity index (χ2n) is 3.18. The van der Waals surface area contributed by atoms with E-state index in [4.69, 9.17) is 0 Å². The zero-order chi connectivity index (χ0) is 11.5. The van der Waals surface area contributed by atoms with Crippen LogP contribution in [0.2, 0.25) is 0 Å². The first-order valence-corrected chi connectivity index (χ1v) is 6.18. The Bertz CT molecular complexity index is 513. The highest BCUT2D eigenvalue weighted by Crippen LogP contribution is 2.20. The Balaban J connectivity index is 2.21. The zero-order valence-electron chi connectivity index (χ0n) is 8.40. The van der Waals surface area contributed by atoms with E-state index in [-0.39, 0.29) is 5.91 Å². The third-order valence-corrected chi connectivity index (χ3v) is 3.21. The zero-order valence-corrected chi connectivity index (χ0v) is 10.8. The monoisotopic (exact) mass is 297 g/mol. The Morgan fingerprint density at radius 2 is 2.31 bits per heavy atom. The average molecular weight is 298 g/mol. The first-order valence-electron chi connectivity index (χ1n) is 4.50. The molecule has 0 unspecified atom stereocenters. The Hall–Kier alpha value is -1.27. The van der Waals surface area contributed by atoms with Crippen molar-refractivity contribution < 1.29 is 4.79 Å². The number of carbonyl (C=O) groups is 1. The van der Waals surface area contributed by atoms with Crippen LogP contribution < -0.4 is 5.32 Å². The Morgan fingerprint density at radius 3 is 2.94 bits per heavy atom. The van der Waals surface area contributed by atoms with Gasteiger partial charge in [-0.25, -0.2) is 0 Å². The minimum atomic E-state index is -0.191. The van der Waals surface area contributed by atoms with Gasteiger partial charge in [-0.3, -0.25) is 10.1 Å². The van der Waals surface area contributed by atoms with Crippen molar-refractivity contribution in [3.8, 4) is 0 Å². The molecule has 2 rings (SSSR count). The molecule has 0 atom stereocenters. The minimum Gasteiger partial charge on any atom is -0.296 e. The molecular formula is C10H8BrN3OS. The molecule has 0 radical (unpaired) electrons. The van der Waals surface area contributed by atoms with E-state index in [0.717, 1.165) is 10.0 Å². The van der Waals surface area contributed by atoms with Crippen LogP contribution in [-0.2, 0) is 0 Å². The normalized spacial score (nSPS) is 10.1. The van der Waals surface area contributed by atoms with Crippen LogP contribution in [0.15, 0.2) is 28.2 Å². The van der Waals surface area contributed by atoms with Crippen LogP contribution in [0.5, 0.6) is 0 Å². The van der Waals surface area contributed by atoms with E-state index in [1.807, 2.05) is 19.1 Å². The van der Waals surface area contributed by atoms with Gasteiger partial charge in [0.15, 0.2) is 0 Å². The quantitative estimate of drug-likeness (QED) is 0.927. The predicted molar refractivity (Wildman–Crippen MR) is 66.7 cm³/mol. The second-order valence-corrected chi connectivity index (χ2v) is 4.87. The molecule has 0 bridgehead atoms. The van der Waals surface area contributed by atoms with Crippen LogP contribution in [0.1, 0.15) is 15.9 Å². The summed E-state index contributed by atoms with van der Waals surface area (Å²) in [6.45, 7) is 1.97. The van der Waals surface area contributed by atoms with E-state index in [2.05, 4.69) is 31.4 Å². The fraction of sp³-hybridized carbons (Fsp3) is 0.100. The standard InChI is InChI=1S/C10H8BrN3OS/c1-6-2-3-7(8(11)4-6)9(15)13-10-14-12-5-16-10/h2-5H,1H3,(H,13,14,15). The molecule has 0 saturated heterocycles. The second kappa shape index (κ2) is 4.71. The van der Waals surface area contributed by atoms with Gasteiger partial charge in [-0.2, -0.15) is 0 Å². The first-order chi connectivity index (χ1) is 7.66. The molecule has 0 saturated carbocycles. The molecule has 4 nitrogen and oxygen atoms in total. The molecule has 0 aliphatic carbocycles. The van der Waals surface area contributed by atoms with E-state index in [0.29, 0.717) is 10.7 Å². The summed E-state index contributed by atoms with van der Waals surface area (Å²) in [6, 6.07) is 5.56. The van der Waals surface area contributed by atoms with Crippen molar-refractivity contribution >= 4 is 38.3 Å². The van der Waals surface area contributed by atoms with Gasteiger partial charge in [0.05, 0.1) is 5.56 Å². The van der Waals surface area contributed by atoms with Crippen LogP contribution in [0.4, 0.5) is 5.13 Å². The van der Waals surface area contributed by atoms with Crippen molar-refractivity contribution in [2.75, 3.05) is 5.32 Å². The van der Waals surface area contributed by atoms with Gasteiger partial charge in [0, 0.05) is 4.47 Å². The molecule has 0 aliphatic rings. The largest absolute Gasteiger partial charge is 0.296 e. The smallest absolute Gasteiger partial charge is 0.258 e. The third kappa shape index (κ3) is 2.45. The van der Waals surface area contributed by atoms with Crippen molar-refractivity contribution in [2.24, 2.45) is 0 Å². The summed E-state index contributed by atoms with van der Waals surface area (Å²) in [5, 5.41) is 10.6. The van der Waals surface area contributed by atoms with E-state index in [1.54, 1.807) is 11.6 Å². The molecule has 1 aromatic carbocycles. The molecule has 1 heterocycles. The predicted octanol–water partition coefficient (Wildman–Crippen LogP) is 2.86. The first kappa shape index (κ1) is 11.2. The molecule has 82 valence electrons. The molecule has 0 fully saturated rings. The summed E-state index contributed by atoms with van der Waals surface area (Å²) in [5.41, 5.74) is 3.25. The number of aryl methyl sites for hydroxylation is 1. The number of nitrogens with one attached hydrogen (secondary N) is 1. The highest BCUT2D eigenvalue weighted by molar-refractivity contribution is 9.10. The van der Waals surface area contributed by atoms with Crippen molar-refractivity contribution in [1.82, 2.24) is 10.2 Å². The summed E-state index contributed by atoms with van der Waals surface area (Å²) in [6.07, 6.45) is 0. The molecule has 1 N–H and O–H groups in total. The van der Waals surface area contributed by atoms with Gasteiger partial charge in [-0.15, -0.1) is 10.2 Å². The van der Waals surface area contributed by atoms with Gasteiger partial charge in [0.1, 0.15) is 5.51 Å². The SMILES string of the molecule is Cc1ccc(C(=O)Nc2nncs2)c(Br)c1. The number of benzene rings is 1. The lowest BCUT2D eigenvalue weighted by Gasteiger charge is -2.04. The fourth-order valence-electron chi connectivity index (χ4n) is 1.20. The highest BCUT2D eigenvalue weighted by Gasteiger charge is 2.11. The van der Waals surface area contributed by atoms with Crippen molar-refractivity contribution in [2.45, 2.75) is 6.92 Å². The molecule has 0 aliphatic heterocycles. The lowest BCUT2D eigenvalue weighted by Crippen LogP contribution is -2.12. The summed E-state index contributed by atoms with van der Waals surface area (Å²) < 4.78 is 0.773. The molecule has 6 heteroatoms. The third-order valence-electron chi connectivity index (χ3n) is 1.95. The highest BCUT2D eigenvalue weighted by atomic mass is 79.9. The number of rotatable bonds is 2. The van der Waals surface area contributed by atoms with Crippen LogP contribution in [-0.4, -0.2) is 16.1 Å². The number of anilines is 1. The van der Waals surface area contributed by atoms with Crippen molar-refractivity contribution in [1.29, 1.82) is 0 Å². The maximum Gasteiger partial charge on any atom is 0.258 e. The van der Waals surface area contributed by atoms with Gasteiger partial charge in [-0.05, 0) is 40.5 Å². The number of hydrogen-bond acceptors (Lipinski definition) is 4. The topological polar surface area (TPSA) is 54.9 Å². The van der Waals surface area contributed by atoms with E-state index in [1.165, 1.54) is 11.3 Å². The van der Waals surface area contributed by atoms with Crippen LogP contribution in [0.25, 0.3) is 0 Å².